The summed E-state index contributed by atoms with van der Waals surface area (Å²) in [7, 11) is 0. The van der Waals surface area contributed by atoms with Crippen LogP contribution in [0.15, 0.2) is 48.5 Å². The third-order valence-electron chi connectivity index (χ3n) is 4.58. The Bertz CT molecular complexity index is 946. The number of nitro groups is 1. The molecule has 0 aliphatic carbocycles. The quantitative estimate of drug-likeness (QED) is 0.333. The van der Waals surface area contributed by atoms with Crippen LogP contribution in [0.1, 0.15) is 28.8 Å². The highest BCUT2D eigenvalue weighted by molar-refractivity contribution is 6.06. The Kier molecular flexibility index (Phi) is 6.23. The Labute approximate surface area is 167 Å². The van der Waals surface area contributed by atoms with Gasteiger partial charge < -0.3 is 14.7 Å². The topological polar surface area (TPSA) is 110 Å². The molecule has 0 bridgehead atoms. The van der Waals surface area contributed by atoms with E-state index in [1.807, 2.05) is 0 Å². The van der Waals surface area contributed by atoms with Gasteiger partial charge in [-0.05, 0) is 54.8 Å². The molecule has 2 aromatic carbocycles. The van der Waals surface area contributed by atoms with Crippen LogP contribution in [0.25, 0.3) is 6.08 Å². The molecule has 1 aliphatic rings. The number of carbonyl (C=O) groups is 2. The molecule has 0 saturated carbocycles. The second-order valence-corrected chi connectivity index (χ2v) is 6.60. The lowest BCUT2D eigenvalue weighted by Crippen LogP contribution is -2.32. The summed E-state index contributed by atoms with van der Waals surface area (Å²) in [5, 5.41) is 20.3. The van der Waals surface area contributed by atoms with Gasteiger partial charge in [0.15, 0.2) is 18.1 Å². The fourth-order valence-electron chi connectivity index (χ4n) is 2.98. The molecule has 8 nitrogen and oxygen atoms in total. The third kappa shape index (κ3) is 5.19. The van der Waals surface area contributed by atoms with E-state index in [0.29, 0.717) is 16.9 Å². The molecule has 1 N–H and O–H groups in total. The van der Waals surface area contributed by atoms with E-state index in [-0.39, 0.29) is 18.3 Å². The number of aromatic hydroxyl groups is 1. The summed E-state index contributed by atoms with van der Waals surface area (Å²) in [6.45, 7) is 1.51. The SMILES string of the molecule is O=C(/C=C/c1ccc(O)c([N+](=O)[O-])c1)c1ccc(OCC(=O)N2CCCC2)cc1. The molecule has 1 saturated heterocycles. The number of hydrogen-bond donors (Lipinski definition) is 1. The van der Waals surface area contributed by atoms with E-state index in [1.165, 1.54) is 30.4 Å². The second kappa shape index (κ2) is 9.01. The number of phenols is 1. The van der Waals surface area contributed by atoms with Crippen molar-refractivity contribution in [2.24, 2.45) is 0 Å². The van der Waals surface area contributed by atoms with Gasteiger partial charge in [-0.2, -0.15) is 0 Å². The maximum atomic E-state index is 12.3. The number of ether oxygens (including phenoxy) is 1. The molecule has 0 aromatic heterocycles. The lowest BCUT2D eigenvalue weighted by atomic mass is 10.1. The molecule has 1 aliphatic heterocycles. The minimum absolute atomic E-state index is 0.0349. The van der Waals surface area contributed by atoms with Crippen LogP contribution in [0.4, 0.5) is 5.69 Å². The number of rotatable bonds is 7. The minimum atomic E-state index is -0.693. The average molecular weight is 396 g/mol. The largest absolute Gasteiger partial charge is 0.502 e. The number of carbonyl (C=O) groups excluding carboxylic acids is 2. The molecule has 3 rings (SSSR count). The van der Waals surface area contributed by atoms with Gasteiger partial charge in [0.05, 0.1) is 4.92 Å². The first-order valence-corrected chi connectivity index (χ1v) is 9.14. The molecule has 1 heterocycles. The van der Waals surface area contributed by atoms with Crippen LogP contribution < -0.4 is 4.74 Å². The highest BCUT2D eigenvalue weighted by Gasteiger charge is 2.18. The Hall–Kier alpha value is -3.68. The van der Waals surface area contributed by atoms with Gasteiger partial charge in [-0.3, -0.25) is 19.7 Å². The molecule has 150 valence electrons. The first-order valence-electron chi connectivity index (χ1n) is 9.14. The monoisotopic (exact) mass is 396 g/mol. The van der Waals surface area contributed by atoms with Crippen LogP contribution in [0.5, 0.6) is 11.5 Å². The molecule has 1 fully saturated rings. The number of phenolic OH excluding ortho intramolecular Hbond substituents is 1. The van der Waals surface area contributed by atoms with Crippen LogP contribution in [-0.2, 0) is 4.79 Å². The molecular weight excluding hydrogens is 376 g/mol. The van der Waals surface area contributed by atoms with Gasteiger partial charge in [0.25, 0.3) is 5.91 Å². The van der Waals surface area contributed by atoms with Gasteiger partial charge in [-0.15, -0.1) is 0 Å². The van der Waals surface area contributed by atoms with Crippen molar-refractivity contribution in [1.29, 1.82) is 0 Å². The fraction of sp³-hybridized carbons (Fsp3) is 0.238. The van der Waals surface area contributed by atoms with E-state index in [2.05, 4.69) is 0 Å². The highest BCUT2D eigenvalue weighted by atomic mass is 16.6. The Morgan fingerprint density at radius 3 is 2.48 bits per heavy atom. The minimum Gasteiger partial charge on any atom is -0.502 e. The molecule has 2 aromatic rings. The summed E-state index contributed by atoms with van der Waals surface area (Å²) < 4.78 is 5.48. The smallest absolute Gasteiger partial charge is 0.311 e. The number of hydrogen-bond acceptors (Lipinski definition) is 6. The predicted molar refractivity (Wildman–Crippen MR) is 106 cm³/mol. The zero-order valence-electron chi connectivity index (χ0n) is 15.6. The van der Waals surface area contributed by atoms with Crippen molar-refractivity contribution in [2.75, 3.05) is 19.7 Å². The van der Waals surface area contributed by atoms with E-state index in [4.69, 9.17) is 4.74 Å². The first kappa shape index (κ1) is 20.1. The summed E-state index contributed by atoms with van der Waals surface area (Å²) in [5.74, 6) is -0.279. The van der Waals surface area contributed by atoms with Crippen molar-refractivity contribution < 1.29 is 24.4 Å². The Balaban J connectivity index is 1.58. The number of allylic oxidation sites excluding steroid dienone is 1. The number of benzene rings is 2. The zero-order valence-corrected chi connectivity index (χ0v) is 15.6. The molecule has 29 heavy (non-hydrogen) atoms. The van der Waals surface area contributed by atoms with E-state index in [1.54, 1.807) is 29.2 Å². The third-order valence-corrected chi connectivity index (χ3v) is 4.58. The fourth-order valence-corrected chi connectivity index (χ4v) is 2.98. The number of ketones is 1. The molecule has 0 radical (unpaired) electrons. The van der Waals surface area contributed by atoms with Crippen LogP contribution in [0, 0.1) is 10.1 Å². The Morgan fingerprint density at radius 2 is 1.83 bits per heavy atom. The molecular formula is C21H20N2O6. The maximum Gasteiger partial charge on any atom is 0.311 e. The van der Waals surface area contributed by atoms with E-state index in [0.717, 1.165) is 25.9 Å². The Morgan fingerprint density at radius 1 is 1.14 bits per heavy atom. The molecule has 0 atom stereocenters. The van der Waals surface area contributed by atoms with Crippen LogP contribution in [0.3, 0.4) is 0 Å². The van der Waals surface area contributed by atoms with E-state index < -0.39 is 16.4 Å². The van der Waals surface area contributed by atoms with Gasteiger partial charge >= 0.3 is 5.69 Å². The summed E-state index contributed by atoms with van der Waals surface area (Å²) in [6.07, 6.45) is 4.78. The van der Waals surface area contributed by atoms with Crippen LogP contribution in [0.2, 0.25) is 0 Å². The van der Waals surface area contributed by atoms with Gasteiger partial charge in [0.1, 0.15) is 5.75 Å². The van der Waals surface area contributed by atoms with E-state index >= 15 is 0 Å². The summed E-state index contributed by atoms with van der Waals surface area (Å²) in [5.41, 5.74) is 0.403. The standard InChI is InChI=1S/C21H20N2O6/c24-19(9-3-15-4-10-20(25)18(13-15)23(27)28)16-5-7-17(8-6-16)29-14-21(26)22-11-1-2-12-22/h3-10,13,25H,1-2,11-12,14H2/b9-3+. The summed E-state index contributed by atoms with van der Waals surface area (Å²) in [4.78, 5) is 36.2. The highest BCUT2D eigenvalue weighted by Crippen LogP contribution is 2.26. The number of amides is 1. The van der Waals surface area contributed by atoms with Gasteiger partial charge in [-0.1, -0.05) is 12.1 Å². The van der Waals surface area contributed by atoms with Crippen molar-refractivity contribution in [2.45, 2.75) is 12.8 Å². The van der Waals surface area contributed by atoms with Crippen molar-refractivity contribution in [3.63, 3.8) is 0 Å². The number of likely N-dealkylation sites (tertiary alicyclic amines) is 1. The van der Waals surface area contributed by atoms with Crippen LogP contribution in [-0.4, -0.2) is 46.3 Å². The second-order valence-electron chi connectivity index (χ2n) is 6.60. The van der Waals surface area contributed by atoms with E-state index in [9.17, 15) is 24.8 Å². The maximum absolute atomic E-state index is 12.3. The lowest BCUT2D eigenvalue weighted by Gasteiger charge is -2.15. The van der Waals surface area contributed by atoms with Gasteiger partial charge in [0, 0.05) is 24.7 Å². The molecule has 0 spiro atoms. The molecule has 0 unspecified atom stereocenters. The zero-order chi connectivity index (χ0) is 20.8. The number of nitrogens with zero attached hydrogens (tertiary/aromatic N) is 2. The number of nitro benzene ring substituents is 1. The summed E-state index contributed by atoms with van der Waals surface area (Å²) >= 11 is 0. The van der Waals surface area contributed by atoms with Crippen LogP contribution >= 0.6 is 0 Å². The van der Waals surface area contributed by atoms with Crippen molar-refractivity contribution >= 4 is 23.5 Å². The van der Waals surface area contributed by atoms with Crippen molar-refractivity contribution in [1.82, 2.24) is 4.90 Å². The van der Waals surface area contributed by atoms with Gasteiger partial charge in [0.2, 0.25) is 0 Å². The first-order chi connectivity index (χ1) is 13.9. The summed E-state index contributed by atoms with van der Waals surface area (Å²) in [6, 6.07) is 10.3. The van der Waals surface area contributed by atoms with Crippen molar-refractivity contribution in [3.05, 3.63) is 69.8 Å². The predicted octanol–water partition coefficient (Wildman–Crippen LogP) is 3.20. The molecule has 1 amide bonds. The van der Waals surface area contributed by atoms with Gasteiger partial charge in [-0.25, -0.2) is 0 Å². The normalized spacial score (nSPS) is 13.6. The van der Waals surface area contributed by atoms with Crippen molar-refractivity contribution in [3.8, 4) is 11.5 Å². The lowest BCUT2D eigenvalue weighted by molar-refractivity contribution is -0.385. The molecule has 8 heteroatoms. The average Bonchev–Trinajstić information content (AvgIpc) is 3.26.